The van der Waals surface area contributed by atoms with E-state index in [0.717, 1.165) is 16.5 Å². The summed E-state index contributed by atoms with van der Waals surface area (Å²) in [5.74, 6) is 0.0515. The van der Waals surface area contributed by atoms with Crippen LogP contribution in [-0.4, -0.2) is 17.7 Å². The molecule has 116 valence electrons. The summed E-state index contributed by atoms with van der Waals surface area (Å²) in [6, 6.07) is 8.02. The number of nitrogens with one attached hydrogen (secondary N) is 1. The first-order chi connectivity index (χ1) is 9.76. The molecule has 1 amide bonds. The predicted molar refractivity (Wildman–Crippen MR) is 90.5 cm³/mol. The quantitative estimate of drug-likeness (QED) is 0.754. The first-order valence-electron chi connectivity index (χ1n) is 7.14. The van der Waals surface area contributed by atoms with Crippen LogP contribution in [0.25, 0.3) is 0 Å². The number of hydrogen-bond donors (Lipinski definition) is 1. The van der Waals surface area contributed by atoms with Gasteiger partial charge in [-0.05, 0) is 44.9 Å². The van der Waals surface area contributed by atoms with E-state index in [0.29, 0.717) is 0 Å². The summed E-state index contributed by atoms with van der Waals surface area (Å²) in [5.41, 5.74) is 0.625. The molecule has 0 saturated heterocycles. The molecule has 0 fully saturated rings. The molecule has 0 radical (unpaired) electrons. The Morgan fingerprint density at radius 2 is 1.95 bits per heavy atom. The standard InChI is InChI=1S/C17H24BrNO2/c1-6-14(12-8-10-13(18)11-9-12)15(7-2)19-16(20)21-17(3,4)5/h6,8-11,14-15H,1,7H2,2-5H3,(H,19,20)/t14-,15-/m1/s1. The highest BCUT2D eigenvalue weighted by Crippen LogP contribution is 2.25. The Morgan fingerprint density at radius 1 is 1.38 bits per heavy atom. The summed E-state index contributed by atoms with van der Waals surface area (Å²) in [6.07, 6.45) is 2.28. The molecule has 3 nitrogen and oxygen atoms in total. The summed E-state index contributed by atoms with van der Waals surface area (Å²) >= 11 is 3.43. The molecule has 0 saturated carbocycles. The summed E-state index contributed by atoms with van der Waals surface area (Å²) < 4.78 is 6.36. The van der Waals surface area contributed by atoms with Crippen LogP contribution in [0.4, 0.5) is 4.79 Å². The molecule has 0 aliphatic heterocycles. The monoisotopic (exact) mass is 353 g/mol. The van der Waals surface area contributed by atoms with Crippen molar-refractivity contribution in [3.8, 4) is 0 Å². The molecule has 1 rings (SSSR count). The first-order valence-corrected chi connectivity index (χ1v) is 7.93. The van der Waals surface area contributed by atoms with Crippen LogP contribution >= 0.6 is 15.9 Å². The number of alkyl carbamates (subject to hydrolysis) is 1. The average molecular weight is 354 g/mol. The third-order valence-electron chi connectivity index (χ3n) is 3.08. The number of ether oxygens (including phenoxy) is 1. The van der Waals surface area contributed by atoms with E-state index in [4.69, 9.17) is 4.74 Å². The van der Waals surface area contributed by atoms with Gasteiger partial charge in [-0.2, -0.15) is 0 Å². The second kappa shape index (κ2) is 7.64. The van der Waals surface area contributed by atoms with Crippen LogP contribution in [0.5, 0.6) is 0 Å². The summed E-state index contributed by atoms with van der Waals surface area (Å²) in [7, 11) is 0. The maximum Gasteiger partial charge on any atom is 0.407 e. The van der Waals surface area contributed by atoms with Crippen molar-refractivity contribution in [3.63, 3.8) is 0 Å². The van der Waals surface area contributed by atoms with Gasteiger partial charge in [0, 0.05) is 16.4 Å². The van der Waals surface area contributed by atoms with Crippen molar-refractivity contribution in [2.24, 2.45) is 0 Å². The topological polar surface area (TPSA) is 38.3 Å². The van der Waals surface area contributed by atoms with Gasteiger partial charge in [0.25, 0.3) is 0 Å². The van der Waals surface area contributed by atoms with Gasteiger partial charge in [0.2, 0.25) is 0 Å². The fraction of sp³-hybridized carbons (Fsp3) is 0.471. The number of rotatable bonds is 5. The molecule has 0 aliphatic rings. The second-order valence-electron chi connectivity index (χ2n) is 5.97. The van der Waals surface area contributed by atoms with E-state index in [9.17, 15) is 4.79 Å². The third-order valence-corrected chi connectivity index (χ3v) is 3.61. The maximum atomic E-state index is 12.0. The number of benzene rings is 1. The number of carbonyl (C=O) groups is 1. The number of amides is 1. The van der Waals surface area contributed by atoms with E-state index in [1.807, 2.05) is 58.0 Å². The van der Waals surface area contributed by atoms with Gasteiger partial charge in [-0.25, -0.2) is 4.79 Å². The summed E-state index contributed by atoms with van der Waals surface area (Å²) in [5, 5.41) is 2.94. The molecule has 21 heavy (non-hydrogen) atoms. The molecule has 0 aliphatic carbocycles. The maximum absolute atomic E-state index is 12.0. The highest BCUT2D eigenvalue weighted by atomic mass is 79.9. The predicted octanol–water partition coefficient (Wildman–Crippen LogP) is 5.02. The first kappa shape index (κ1) is 17.8. The number of hydrogen-bond acceptors (Lipinski definition) is 2. The van der Waals surface area contributed by atoms with Crippen molar-refractivity contribution < 1.29 is 9.53 Å². The normalized spacial score (nSPS) is 14.1. The van der Waals surface area contributed by atoms with Crippen LogP contribution in [0.15, 0.2) is 41.4 Å². The Bertz CT molecular complexity index is 477. The molecule has 0 unspecified atom stereocenters. The minimum atomic E-state index is -0.496. The Labute approximate surface area is 135 Å². The highest BCUT2D eigenvalue weighted by molar-refractivity contribution is 9.10. The minimum Gasteiger partial charge on any atom is -0.444 e. The Kier molecular flexibility index (Phi) is 6.46. The van der Waals surface area contributed by atoms with Gasteiger partial charge in [-0.1, -0.05) is 41.1 Å². The van der Waals surface area contributed by atoms with Crippen LogP contribution in [0, 0.1) is 0 Å². The van der Waals surface area contributed by atoms with Gasteiger partial charge in [0.05, 0.1) is 0 Å². The van der Waals surface area contributed by atoms with Crippen molar-refractivity contribution in [2.45, 2.75) is 51.7 Å². The van der Waals surface area contributed by atoms with Crippen molar-refractivity contribution >= 4 is 22.0 Å². The van der Waals surface area contributed by atoms with Crippen LogP contribution in [0.2, 0.25) is 0 Å². The van der Waals surface area contributed by atoms with E-state index in [2.05, 4.69) is 27.8 Å². The average Bonchev–Trinajstić information content (AvgIpc) is 2.38. The van der Waals surface area contributed by atoms with Crippen molar-refractivity contribution in [1.29, 1.82) is 0 Å². The molecule has 1 N–H and O–H groups in total. The van der Waals surface area contributed by atoms with Crippen molar-refractivity contribution in [3.05, 3.63) is 47.0 Å². The fourth-order valence-electron chi connectivity index (χ4n) is 2.12. The van der Waals surface area contributed by atoms with Gasteiger partial charge in [-0.15, -0.1) is 6.58 Å². The summed E-state index contributed by atoms with van der Waals surface area (Å²) in [6.45, 7) is 11.5. The number of carbonyl (C=O) groups excluding carboxylic acids is 1. The molecule has 0 bridgehead atoms. The largest absolute Gasteiger partial charge is 0.444 e. The van der Waals surface area contributed by atoms with Crippen LogP contribution < -0.4 is 5.32 Å². The molecule has 0 aromatic heterocycles. The lowest BCUT2D eigenvalue weighted by atomic mass is 9.90. The van der Waals surface area contributed by atoms with E-state index in [-0.39, 0.29) is 12.0 Å². The zero-order chi connectivity index (χ0) is 16.0. The Morgan fingerprint density at radius 3 is 2.38 bits per heavy atom. The van der Waals surface area contributed by atoms with Gasteiger partial charge >= 0.3 is 6.09 Å². The van der Waals surface area contributed by atoms with Gasteiger partial charge in [0.15, 0.2) is 0 Å². The van der Waals surface area contributed by atoms with Gasteiger partial charge in [0.1, 0.15) is 5.60 Å². The SMILES string of the molecule is C=C[C@H](c1ccc(Br)cc1)[C@@H](CC)NC(=O)OC(C)(C)C. The fourth-order valence-corrected chi connectivity index (χ4v) is 2.39. The zero-order valence-electron chi connectivity index (χ0n) is 13.2. The molecule has 0 heterocycles. The Balaban J connectivity index is 2.83. The van der Waals surface area contributed by atoms with Crippen molar-refractivity contribution in [1.82, 2.24) is 5.32 Å². The molecule has 2 atom stereocenters. The molecular formula is C17H24BrNO2. The van der Waals surface area contributed by atoms with E-state index in [1.54, 1.807) is 0 Å². The second-order valence-corrected chi connectivity index (χ2v) is 6.89. The highest BCUT2D eigenvalue weighted by Gasteiger charge is 2.24. The lowest BCUT2D eigenvalue weighted by molar-refractivity contribution is 0.0499. The van der Waals surface area contributed by atoms with E-state index >= 15 is 0 Å². The zero-order valence-corrected chi connectivity index (χ0v) is 14.7. The summed E-state index contributed by atoms with van der Waals surface area (Å²) in [4.78, 5) is 12.0. The van der Waals surface area contributed by atoms with Crippen LogP contribution in [-0.2, 0) is 4.74 Å². The Hall–Kier alpha value is -1.29. The molecule has 1 aromatic carbocycles. The van der Waals surface area contributed by atoms with Crippen LogP contribution in [0.3, 0.4) is 0 Å². The lowest BCUT2D eigenvalue weighted by Gasteiger charge is -2.27. The van der Waals surface area contributed by atoms with Gasteiger partial charge in [-0.3, -0.25) is 0 Å². The third kappa shape index (κ3) is 5.92. The molecule has 1 aromatic rings. The van der Waals surface area contributed by atoms with E-state index in [1.165, 1.54) is 0 Å². The van der Waals surface area contributed by atoms with E-state index < -0.39 is 11.7 Å². The smallest absolute Gasteiger partial charge is 0.407 e. The van der Waals surface area contributed by atoms with Crippen molar-refractivity contribution in [2.75, 3.05) is 0 Å². The molecule has 0 spiro atoms. The lowest BCUT2D eigenvalue weighted by Crippen LogP contribution is -2.41. The minimum absolute atomic E-state index is 0.0430. The number of halogens is 1. The van der Waals surface area contributed by atoms with Gasteiger partial charge < -0.3 is 10.1 Å². The van der Waals surface area contributed by atoms with Crippen LogP contribution in [0.1, 0.15) is 45.6 Å². The molecule has 4 heteroatoms. The molecular weight excluding hydrogens is 330 g/mol.